The number of hydrogen-bond donors (Lipinski definition) is 1. The predicted octanol–water partition coefficient (Wildman–Crippen LogP) is 2.39. The molecule has 0 unspecified atom stereocenters. The molecule has 0 aliphatic rings. The van der Waals surface area contributed by atoms with Gasteiger partial charge < -0.3 is 14.6 Å². The molecule has 0 saturated carbocycles. The fourth-order valence-electron chi connectivity index (χ4n) is 1.90. The van der Waals surface area contributed by atoms with Gasteiger partial charge in [0.05, 0.1) is 19.8 Å². The first-order chi connectivity index (χ1) is 9.58. The van der Waals surface area contributed by atoms with Crippen molar-refractivity contribution in [1.82, 2.24) is 4.90 Å². The fourth-order valence-corrected chi connectivity index (χ4v) is 1.90. The second-order valence-corrected chi connectivity index (χ2v) is 4.59. The number of likely N-dealkylation sites (N-methyl/N-ethyl adjacent to an activating group) is 1. The number of para-hydroxylation sites is 1. The van der Waals surface area contributed by atoms with E-state index >= 15 is 0 Å². The van der Waals surface area contributed by atoms with Crippen molar-refractivity contribution in [2.24, 2.45) is 0 Å². The van der Waals surface area contributed by atoms with Gasteiger partial charge in [-0.05, 0) is 26.5 Å². The Hall–Kier alpha value is -1.75. The zero-order chi connectivity index (χ0) is 15.0. The Labute approximate surface area is 120 Å². The number of carboxylic acids is 1. The average Bonchev–Trinajstić information content (AvgIpc) is 2.37. The minimum atomic E-state index is -0.843. The summed E-state index contributed by atoms with van der Waals surface area (Å²) in [6.45, 7) is 5.64. The van der Waals surface area contributed by atoms with E-state index in [1.165, 1.54) is 0 Å². The fraction of sp³-hybridized carbons (Fsp3) is 0.533. The summed E-state index contributed by atoms with van der Waals surface area (Å²) in [5, 5.41) is 8.81. The summed E-state index contributed by atoms with van der Waals surface area (Å²) in [5.41, 5.74) is 0.938. The third-order valence-electron chi connectivity index (χ3n) is 2.66. The second-order valence-electron chi connectivity index (χ2n) is 4.59. The molecule has 0 heterocycles. The molecule has 1 aromatic rings. The number of carboxylic acid groups (broad SMARTS) is 1. The van der Waals surface area contributed by atoms with Crippen molar-refractivity contribution in [3.63, 3.8) is 0 Å². The Morgan fingerprint density at radius 2 is 2.05 bits per heavy atom. The van der Waals surface area contributed by atoms with E-state index in [-0.39, 0.29) is 6.54 Å². The van der Waals surface area contributed by atoms with Crippen molar-refractivity contribution in [2.45, 2.75) is 26.8 Å². The first-order valence-electron chi connectivity index (χ1n) is 6.86. The summed E-state index contributed by atoms with van der Waals surface area (Å²) >= 11 is 0. The number of benzene rings is 1. The summed E-state index contributed by atoms with van der Waals surface area (Å²) in [4.78, 5) is 12.5. The highest BCUT2D eigenvalue weighted by Gasteiger charge is 2.13. The van der Waals surface area contributed by atoms with Crippen LogP contribution in [0.5, 0.6) is 11.5 Å². The van der Waals surface area contributed by atoms with Crippen LogP contribution in [0, 0.1) is 0 Å². The van der Waals surface area contributed by atoms with E-state index in [2.05, 4.69) is 0 Å². The Bertz CT molecular complexity index is 434. The van der Waals surface area contributed by atoms with Crippen LogP contribution in [-0.4, -0.2) is 42.8 Å². The number of hydrogen-bond acceptors (Lipinski definition) is 4. The van der Waals surface area contributed by atoms with Gasteiger partial charge in [-0.2, -0.15) is 0 Å². The van der Waals surface area contributed by atoms with Crippen molar-refractivity contribution in [2.75, 3.05) is 26.8 Å². The summed E-state index contributed by atoms with van der Waals surface area (Å²) in [7, 11) is 1.77. The highest BCUT2D eigenvalue weighted by atomic mass is 16.5. The maximum atomic E-state index is 10.7. The molecule has 1 rings (SSSR count). The van der Waals surface area contributed by atoms with Gasteiger partial charge in [0.1, 0.15) is 0 Å². The number of aliphatic carboxylic acids is 1. The lowest BCUT2D eigenvalue weighted by Crippen LogP contribution is -2.25. The maximum absolute atomic E-state index is 10.7. The molecule has 1 N–H and O–H groups in total. The minimum absolute atomic E-state index is 0.00786. The van der Waals surface area contributed by atoms with Gasteiger partial charge in [-0.15, -0.1) is 0 Å². The van der Waals surface area contributed by atoms with Crippen LogP contribution in [0.2, 0.25) is 0 Å². The standard InChI is InChI=1S/C15H23NO4/c1-4-9-20-15-12(10-16(3)11-14(17)18)7-6-8-13(15)19-5-2/h6-8H,4-5,9-11H2,1-3H3,(H,17,18). The van der Waals surface area contributed by atoms with Gasteiger partial charge in [-0.25, -0.2) is 0 Å². The molecule has 0 fully saturated rings. The number of nitrogens with zero attached hydrogens (tertiary/aromatic N) is 1. The zero-order valence-corrected chi connectivity index (χ0v) is 12.4. The van der Waals surface area contributed by atoms with Gasteiger partial charge in [0.15, 0.2) is 11.5 Å². The van der Waals surface area contributed by atoms with E-state index in [1.807, 2.05) is 32.0 Å². The number of carbonyl (C=O) groups is 1. The van der Waals surface area contributed by atoms with E-state index in [1.54, 1.807) is 11.9 Å². The summed E-state index contributed by atoms with van der Waals surface area (Å²) in [6.07, 6.45) is 0.908. The maximum Gasteiger partial charge on any atom is 0.317 e. The summed E-state index contributed by atoms with van der Waals surface area (Å²) < 4.78 is 11.4. The van der Waals surface area contributed by atoms with Crippen molar-refractivity contribution in [3.8, 4) is 11.5 Å². The second kappa shape index (κ2) is 8.43. The lowest BCUT2D eigenvalue weighted by atomic mass is 10.1. The molecule has 0 spiro atoms. The first kappa shape index (κ1) is 16.3. The van der Waals surface area contributed by atoms with Crippen LogP contribution in [0.15, 0.2) is 18.2 Å². The molecule has 0 atom stereocenters. The van der Waals surface area contributed by atoms with Crippen LogP contribution in [0.3, 0.4) is 0 Å². The van der Waals surface area contributed by atoms with E-state index in [9.17, 15) is 4.79 Å². The Morgan fingerprint density at radius 3 is 2.65 bits per heavy atom. The van der Waals surface area contributed by atoms with Gasteiger partial charge in [0.2, 0.25) is 0 Å². The lowest BCUT2D eigenvalue weighted by Gasteiger charge is -2.19. The van der Waals surface area contributed by atoms with Crippen molar-refractivity contribution < 1.29 is 19.4 Å². The van der Waals surface area contributed by atoms with Gasteiger partial charge in [-0.1, -0.05) is 19.1 Å². The van der Waals surface area contributed by atoms with Crippen LogP contribution < -0.4 is 9.47 Å². The van der Waals surface area contributed by atoms with Crippen LogP contribution in [-0.2, 0) is 11.3 Å². The largest absolute Gasteiger partial charge is 0.490 e. The molecule has 0 aromatic heterocycles. The molecule has 0 aliphatic carbocycles. The van der Waals surface area contributed by atoms with Crippen LogP contribution in [0.4, 0.5) is 0 Å². The molecule has 1 aromatic carbocycles. The first-order valence-corrected chi connectivity index (χ1v) is 6.86. The molecular weight excluding hydrogens is 258 g/mol. The molecule has 5 nitrogen and oxygen atoms in total. The van der Waals surface area contributed by atoms with E-state index < -0.39 is 5.97 Å². The molecule has 0 radical (unpaired) electrons. The van der Waals surface area contributed by atoms with Crippen LogP contribution in [0.1, 0.15) is 25.8 Å². The quantitative estimate of drug-likeness (QED) is 0.753. The topological polar surface area (TPSA) is 59.0 Å². The van der Waals surface area contributed by atoms with E-state index in [4.69, 9.17) is 14.6 Å². The van der Waals surface area contributed by atoms with Crippen LogP contribution in [0.25, 0.3) is 0 Å². The number of ether oxygens (including phenoxy) is 2. The Balaban J connectivity index is 2.91. The van der Waals surface area contributed by atoms with E-state index in [0.717, 1.165) is 12.0 Å². The van der Waals surface area contributed by atoms with Crippen molar-refractivity contribution in [1.29, 1.82) is 0 Å². The number of rotatable bonds is 9. The van der Waals surface area contributed by atoms with Gasteiger partial charge in [0, 0.05) is 12.1 Å². The molecule has 112 valence electrons. The predicted molar refractivity (Wildman–Crippen MR) is 77.4 cm³/mol. The molecular formula is C15H23NO4. The zero-order valence-electron chi connectivity index (χ0n) is 12.4. The van der Waals surface area contributed by atoms with Crippen LogP contribution >= 0.6 is 0 Å². The van der Waals surface area contributed by atoms with Gasteiger partial charge in [-0.3, -0.25) is 9.69 Å². The van der Waals surface area contributed by atoms with Crippen molar-refractivity contribution >= 4 is 5.97 Å². The third kappa shape index (κ3) is 5.09. The monoisotopic (exact) mass is 281 g/mol. The SMILES string of the molecule is CCCOc1c(CN(C)CC(=O)O)cccc1OCC. The molecule has 0 saturated heterocycles. The molecule has 0 amide bonds. The van der Waals surface area contributed by atoms with Crippen molar-refractivity contribution in [3.05, 3.63) is 23.8 Å². The molecule has 20 heavy (non-hydrogen) atoms. The molecule has 0 bridgehead atoms. The highest BCUT2D eigenvalue weighted by molar-refractivity contribution is 5.69. The Kier molecular flexibility index (Phi) is 6.87. The molecule has 5 heteroatoms. The van der Waals surface area contributed by atoms with Gasteiger partial charge in [0.25, 0.3) is 0 Å². The highest BCUT2D eigenvalue weighted by Crippen LogP contribution is 2.32. The third-order valence-corrected chi connectivity index (χ3v) is 2.66. The summed E-state index contributed by atoms with van der Waals surface area (Å²) in [6, 6.07) is 5.70. The minimum Gasteiger partial charge on any atom is -0.490 e. The summed E-state index contributed by atoms with van der Waals surface area (Å²) in [5.74, 6) is 0.583. The average molecular weight is 281 g/mol. The van der Waals surface area contributed by atoms with Gasteiger partial charge >= 0.3 is 5.97 Å². The smallest absolute Gasteiger partial charge is 0.317 e. The van der Waals surface area contributed by atoms with E-state index in [0.29, 0.717) is 31.3 Å². The lowest BCUT2D eigenvalue weighted by molar-refractivity contribution is -0.138. The Morgan fingerprint density at radius 1 is 1.30 bits per heavy atom. The molecule has 0 aliphatic heterocycles. The normalized spacial score (nSPS) is 10.6.